The van der Waals surface area contributed by atoms with Crippen LogP contribution in [0.15, 0.2) is 42.5 Å². The fourth-order valence-corrected chi connectivity index (χ4v) is 2.01. The zero-order valence-corrected chi connectivity index (χ0v) is 11.7. The largest absolute Gasteiger partial charge is 0.457 e. The van der Waals surface area contributed by atoms with Crippen LogP contribution in [0.25, 0.3) is 0 Å². The first-order chi connectivity index (χ1) is 9.10. The first-order valence-electron chi connectivity index (χ1n) is 5.22. The number of hydrogen-bond donors (Lipinski definition) is 0. The van der Waals surface area contributed by atoms with Crippen LogP contribution >= 0.6 is 22.6 Å². The highest BCUT2D eigenvalue weighted by molar-refractivity contribution is 14.1. The van der Waals surface area contributed by atoms with E-state index in [0.29, 0.717) is 11.5 Å². The van der Waals surface area contributed by atoms with E-state index in [9.17, 15) is 10.1 Å². The molecule has 0 saturated heterocycles. The third-order valence-electron chi connectivity index (χ3n) is 2.32. The van der Waals surface area contributed by atoms with E-state index < -0.39 is 4.92 Å². The standard InChI is InChI=1S/C13H7IN2O3/c14-10-2-1-3-11(7-10)19-12-4-5-13(16(17)18)9(6-12)8-15/h1-7H. The number of nitro groups is 1. The molecule has 5 nitrogen and oxygen atoms in total. The van der Waals surface area contributed by atoms with Gasteiger partial charge >= 0.3 is 0 Å². The smallest absolute Gasteiger partial charge is 0.287 e. The van der Waals surface area contributed by atoms with Crippen molar-refractivity contribution in [1.29, 1.82) is 5.26 Å². The first-order valence-corrected chi connectivity index (χ1v) is 6.30. The first kappa shape index (κ1) is 13.3. The van der Waals surface area contributed by atoms with E-state index in [4.69, 9.17) is 10.00 Å². The van der Waals surface area contributed by atoms with Crippen molar-refractivity contribution in [3.8, 4) is 17.6 Å². The normalized spacial score (nSPS) is 9.68. The van der Waals surface area contributed by atoms with Crippen molar-refractivity contribution in [2.75, 3.05) is 0 Å². The van der Waals surface area contributed by atoms with Crippen molar-refractivity contribution in [2.24, 2.45) is 0 Å². The molecule has 0 spiro atoms. The van der Waals surface area contributed by atoms with Crippen LogP contribution in [0, 0.1) is 25.0 Å². The van der Waals surface area contributed by atoms with Gasteiger partial charge in [-0.25, -0.2) is 0 Å². The predicted molar refractivity (Wildman–Crippen MR) is 77.0 cm³/mol. The summed E-state index contributed by atoms with van der Waals surface area (Å²) < 4.78 is 6.57. The third-order valence-corrected chi connectivity index (χ3v) is 2.99. The zero-order valence-electron chi connectivity index (χ0n) is 9.54. The van der Waals surface area contributed by atoms with Crippen molar-refractivity contribution in [3.05, 3.63) is 61.7 Å². The lowest BCUT2D eigenvalue weighted by Crippen LogP contribution is -1.93. The maximum absolute atomic E-state index is 10.7. The van der Waals surface area contributed by atoms with E-state index in [0.717, 1.165) is 3.57 Å². The van der Waals surface area contributed by atoms with Gasteiger partial charge in [0.25, 0.3) is 5.69 Å². The molecule has 2 rings (SSSR count). The molecule has 19 heavy (non-hydrogen) atoms. The molecule has 0 amide bonds. The van der Waals surface area contributed by atoms with Crippen LogP contribution in [0.4, 0.5) is 5.69 Å². The Hall–Kier alpha value is -2.14. The lowest BCUT2D eigenvalue weighted by Gasteiger charge is -2.06. The van der Waals surface area contributed by atoms with Gasteiger partial charge in [0, 0.05) is 15.7 Å². The van der Waals surface area contributed by atoms with Crippen LogP contribution in [0.5, 0.6) is 11.5 Å². The fraction of sp³-hybridized carbons (Fsp3) is 0. The number of hydrogen-bond acceptors (Lipinski definition) is 4. The number of nitrogens with zero attached hydrogens (tertiary/aromatic N) is 2. The van der Waals surface area contributed by atoms with Crippen molar-refractivity contribution in [2.45, 2.75) is 0 Å². The molecule has 0 aliphatic rings. The molecule has 0 radical (unpaired) electrons. The molecule has 0 aliphatic heterocycles. The molecule has 0 aliphatic carbocycles. The van der Waals surface area contributed by atoms with Crippen molar-refractivity contribution >= 4 is 28.3 Å². The predicted octanol–water partition coefficient (Wildman–Crippen LogP) is 3.86. The molecule has 0 atom stereocenters. The molecule has 0 heterocycles. The van der Waals surface area contributed by atoms with Gasteiger partial charge in [0.15, 0.2) is 0 Å². The summed E-state index contributed by atoms with van der Waals surface area (Å²) in [5.74, 6) is 1.01. The Kier molecular flexibility index (Phi) is 3.97. The Morgan fingerprint density at radius 2 is 1.95 bits per heavy atom. The van der Waals surface area contributed by atoms with Crippen LogP contribution in [-0.4, -0.2) is 4.92 Å². The Morgan fingerprint density at radius 1 is 1.21 bits per heavy atom. The summed E-state index contributed by atoms with van der Waals surface area (Å²) in [6.07, 6.45) is 0. The van der Waals surface area contributed by atoms with Crippen molar-refractivity contribution in [1.82, 2.24) is 0 Å². The number of rotatable bonds is 3. The van der Waals surface area contributed by atoms with Gasteiger partial charge in [-0.2, -0.15) is 5.26 Å². The second-order valence-corrected chi connectivity index (χ2v) is 4.85. The van der Waals surface area contributed by atoms with Gasteiger partial charge in [-0.1, -0.05) is 6.07 Å². The molecule has 0 saturated carbocycles. The molecule has 2 aromatic rings. The summed E-state index contributed by atoms with van der Waals surface area (Å²) in [6, 6.07) is 13.2. The minimum Gasteiger partial charge on any atom is -0.457 e. The molecule has 0 fully saturated rings. The van der Waals surface area contributed by atoms with Gasteiger partial charge in [0.1, 0.15) is 23.1 Å². The van der Waals surface area contributed by atoms with E-state index in [-0.39, 0.29) is 11.3 Å². The second-order valence-electron chi connectivity index (χ2n) is 3.61. The van der Waals surface area contributed by atoms with Crippen molar-refractivity contribution < 1.29 is 9.66 Å². The highest BCUT2D eigenvalue weighted by atomic mass is 127. The van der Waals surface area contributed by atoms with Gasteiger partial charge in [-0.15, -0.1) is 0 Å². The van der Waals surface area contributed by atoms with Gasteiger partial charge in [0.2, 0.25) is 0 Å². The second kappa shape index (κ2) is 5.67. The van der Waals surface area contributed by atoms with Crippen LogP contribution in [0.2, 0.25) is 0 Å². The minimum absolute atomic E-state index is 0.0203. The average molecular weight is 366 g/mol. The monoisotopic (exact) mass is 366 g/mol. The number of halogens is 1. The topological polar surface area (TPSA) is 76.2 Å². The van der Waals surface area contributed by atoms with Crippen LogP contribution in [0.1, 0.15) is 5.56 Å². The molecule has 2 aromatic carbocycles. The Balaban J connectivity index is 2.32. The van der Waals surface area contributed by atoms with Crippen LogP contribution < -0.4 is 4.74 Å². The van der Waals surface area contributed by atoms with Gasteiger partial charge in [-0.05, 0) is 46.9 Å². The number of nitro benzene ring substituents is 1. The van der Waals surface area contributed by atoms with E-state index in [1.54, 1.807) is 12.1 Å². The van der Waals surface area contributed by atoms with Gasteiger partial charge in [0.05, 0.1) is 4.92 Å². The molecule has 0 aromatic heterocycles. The summed E-state index contributed by atoms with van der Waals surface area (Å²) in [4.78, 5) is 10.1. The fourth-order valence-electron chi connectivity index (χ4n) is 1.49. The number of ether oxygens (including phenoxy) is 1. The summed E-state index contributed by atoms with van der Waals surface area (Å²) >= 11 is 2.15. The molecule has 0 bridgehead atoms. The average Bonchev–Trinajstić information content (AvgIpc) is 2.38. The molecule has 0 N–H and O–H groups in total. The molecule has 94 valence electrons. The minimum atomic E-state index is -0.589. The molecular formula is C13H7IN2O3. The molecule has 0 unspecified atom stereocenters. The highest BCUT2D eigenvalue weighted by Crippen LogP contribution is 2.27. The summed E-state index contributed by atoms with van der Waals surface area (Å²) in [5.41, 5.74) is -0.245. The van der Waals surface area contributed by atoms with E-state index in [2.05, 4.69) is 22.6 Å². The molecular weight excluding hydrogens is 359 g/mol. The maximum atomic E-state index is 10.7. The summed E-state index contributed by atoms with van der Waals surface area (Å²) in [5, 5.41) is 19.6. The summed E-state index contributed by atoms with van der Waals surface area (Å²) in [6.45, 7) is 0. The number of nitriles is 1. The maximum Gasteiger partial charge on any atom is 0.287 e. The van der Waals surface area contributed by atoms with E-state index in [1.165, 1.54) is 18.2 Å². The third kappa shape index (κ3) is 3.20. The molecule has 6 heteroatoms. The Morgan fingerprint density at radius 3 is 2.58 bits per heavy atom. The van der Waals surface area contributed by atoms with Crippen molar-refractivity contribution in [3.63, 3.8) is 0 Å². The van der Waals surface area contributed by atoms with Crippen LogP contribution in [0.3, 0.4) is 0 Å². The highest BCUT2D eigenvalue weighted by Gasteiger charge is 2.14. The SMILES string of the molecule is N#Cc1cc(Oc2cccc(I)c2)ccc1[N+](=O)[O-]. The quantitative estimate of drug-likeness (QED) is 0.470. The van der Waals surface area contributed by atoms with E-state index in [1.807, 2.05) is 18.2 Å². The van der Waals surface area contributed by atoms with Gasteiger partial charge < -0.3 is 4.74 Å². The van der Waals surface area contributed by atoms with Gasteiger partial charge in [-0.3, -0.25) is 10.1 Å². The van der Waals surface area contributed by atoms with Crippen LogP contribution in [-0.2, 0) is 0 Å². The Bertz CT molecular complexity index is 680. The number of benzene rings is 2. The lowest BCUT2D eigenvalue weighted by molar-refractivity contribution is -0.385. The lowest BCUT2D eigenvalue weighted by atomic mass is 10.2. The van der Waals surface area contributed by atoms with E-state index >= 15 is 0 Å². The zero-order chi connectivity index (χ0) is 13.8. The summed E-state index contributed by atoms with van der Waals surface area (Å²) in [7, 11) is 0. The Labute approximate surface area is 122 Å².